The van der Waals surface area contributed by atoms with Gasteiger partial charge in [0, 0.05) is 22.5 Å². The lowest BCUT2D eigenvalue weighted by atomic mass is 9.62. The molecule has 1 aliphatic rings. The van der Waals surface area contributed by atoms with Crippen LogP contribution in [0.4, 0.5) is 0 Å². The molecule has 0 unspecified atom stereocenters. The summed E-state index contributed by atoms with van der Waals surface area (Å²) >= 11 is 0. The zero-order valence-electron chi connectivity index (χ0n) is 19.5. The van der Waals surface area contributed by atoms with Crippen molar-refractivity contribution >= 4 is 32.7 Å². The molecule has 0 amide bonds. The molecule has 2 heterocycles. The predicted octanol–water partition coefficient (Wildman–Crippen LogP) is 8.46. The highest BCUT2D eigenvalue weighted by molar-refractivity contribution is 6.11. The maximum absolute atomic E-state index is 6.60. The fraction of sp³-hybridized carbons (Fsp3) is 0.300. The summed E-state index contributed by atoms with van der Waals surface area (Å²) in [6.07, 6.45) is 4.33. The monoisotopic (exact) mass is 419 g/mol. The smallest absolute Gasteiger partial charge is 0.161 e. The number of hydrogen-bond acceptors (Lipinski definition) is 2. The highest BCUT2D eigenvalue weighted by atomic mass is 16.3. The van der Waals surface area contributed by atoms with Crippen LogP contribution in [0.3, 0.4) is 0 Å². The maximum atomic E-state index is 6.60. The number of rotatable bonds is 1. The Bertz CT molecular complexity index is 1530. The second kappa shape index (κ2) is 6.45. The Labute approximate surface area is 189 Å². The SMILES string of the molecule is Cc1c2c(cc3oc4c(-c5ccc6ccccc6c5)nccc4c13)C(C)(C)CCC2(C)C. The molecule has 0 radical (unpaired) electrons. The van der Waals surface area contributed by atoms with Crippen molar-refractivity contribution in [1.82, 2.24) is 4.98 Å². The van der Waals surface area contributed by atoms with Gasteiger partial charge < -0.3 is 4.42 Å². The Morgan fingerprint density at radius 1 is 0.844 bits per heavy atom. The number of hydrogen-bond donors (Lipinski definition) is 0. The number of nitrogens with zero attached hydrogens (tertiary/aromatic N) is 1. The molecule has 0 atom stereocenters. The first kappa shape index (κ1) is 19.5. The van der Waals surface area contributed by atoms with Crippen LogP contribution in [0.25, 0.3) is 44.0 Å². The summed E-state index contributed by atoms with van der Waals surface area (Å²) in [5, 5.41) is 4.86. The third-order valence-electron chi connectivity index (χ3n) is 7.73. The highest BCUT2D eigenvalue weighted by Gasteiger charge is 2.39. The molecule has 0 saturated carbocycles. The number of pyridine rings is 1. The van der Waals surface area contributed by atoms with Gasteiger partial charge in [-0.05, 0) is 76.3 Å². The average Bonchev–Trinajstić information content (AvgIpc) is 3.15. The van der Waals surface area contributed by atoms with Gasteiger partial charge in [0.2, 0.25) is 0 Å². The van der Waals surface area contributed by atoms with Gasteiger partial charge in [0.05, 0.1) is 0 Å². The van der Waals surface area contributed by atoms with E-state index in [0.29, 0.717) is 0 Å². The molecule has 2 nitrogen and oxygen atoms in total. The van der Waals surface area contributed by atoms with Crippen LogP contribution in [0.5, 0.6) is 0 Å². The van der Waals surface area contributed by atoms with Crippen molar-refractivity contribution < 1.29 is 4.42 Å². The summed E-state index contributed by atoms with van der Waals surface area (Å²) < 4.78 is 6.60. The Balaban J connectivity index is 1.67. The van der Waals surface area contributed by atoms with Crippen molar-refractivity contribution in [2.24, 2.45) is 0 Å². The van der Waals surface area contributed by atoms with Crippen molar-refractivity contribution in [3.05, 3.63) is 77.5 Å². The molecule has 0 bridgehead atoms. The van der Waals surface area contributed by atoms with E-state index in [1.165, 1.54) is 45.7 Å². The molecule has 2 heteroatoms. The molecule has 32 heavy (non-hydrogen) atoms. The van der Waals surface area contributed by atoms with E-state index in [9.17, 15) is 0 Å². The zero-order valence-corrected chi connectivity index (χ0v) is 19.5. The van der Waals surface area contributed by atoms with Gasteiger partial charge in [-0.25, -0.2) is 0 Å². The van der Waals surface area contributed by atoms with E-state index in [0.717, 1.165) is 27.8 Å². The van der Waals surface area contributed by atoms with Crippen molar-refractivity contribution in [2.75, 3.05) is 0 Å². The third-order valence-corrected chi connectivity index (χ3v) is 7.73. The van der Waals surface area contributed by atoms with Crippen molar-refractivity contribution in [1.29, 1.82) is 0 Å². The lowest BCUT2D eigenvalue weighted by molar-refractivity contribution is 0.331. The molecule has 0 saturated heterocycles. The van der Waals surface area contributed by atoms with E-state index < -0.39 is 0 Å². The van der Waals surface area contributed by atoms with Gasteiger partial charge in [0.15, 0.2) is 5.58 Å². The summed E-state index contributed by atoms with van der Waals surface area (Å²) in [6.45, 7) is 11.8. The fourth-order valence-corrected chi connectivity index (χ4v) is 5.89. The lowest BCUT2D eigenvalue weighted by Gasteiger charge is -2.42. The molecule has 3 aromatic carbocycles. The van der Waals surface area contributed by atoms with Gasteiger partial charge in [-0.15, -0.1) is 0 Å². The van der Waals surface area contributed by atoms with Gasteiger partial charge in [-0.1, -0.05) is 64.1 Å². The van der Waals surface area contributed by atoms with Crippen LogP contribution in [0.1, 0.15) is 57.2 Å². The Kier molecular flexibility index (Phi) is 3.94. The van der Waals surface area contributed by atoms with Gasteiger partial charge >= 0.3 is 0 Å². The molecule has 160 valence electrons. The predicted molar refractivity (Wildman–Crippen MR) is 134 cm³/mol. The second-order valence-electron chi connectivity index (χ2n) is 10.8. The number of fused-ring (bicyclic) bond motifs is 5. The summed E-state index contributed by atoms with van der Waals surface area (Å²) in [5.74, 6) is 0. The average molecular weight is 420 g/mol. The molecular formula is C30H29NO. The van der Waals surface area contributed by atoms with E-state index in [1.807, 2.05) is 6.20 Å². The van der Waals surface area contributed by atoms with Crippen LogP contribution in [0.15, 0.2) is 65.2 Å². The Hall–Kier alpha value is -3.13. The third kappa shape index (κ3) is 2.68. The van der Waals surface area contributed by atoms with E-state index in [4.69, 9.17) is 9.40 Å². The molecule has 0 spiro atoms. The number of furan rings is 1. The Morgan fingerprint density at radius 2 is 1.59 bits per heavy atom. The quantitative estimate of drug-likeness (QED) is 0.272. The van der Waals surface area contributed by atoms with E-state index in [2.05, 4.69) is 89.2 Å². The van der Waals surface area contributed by atoms with Crippen LogP contribution in [0, 0.1) is 6.92 Å². The number of aromatic nitrogens is 1. The van der Waals surface area contributed by atoms with Crippen LogP contribution in [-0.2, 0) is 10.8 Å². The summed E-state index contributed by atoms with van der Waals surface area (Å²) in [7, 11) is 0. The molecule has 1 aliphatic carbocycles. The Morgan fingerprint density at radius 3 is 2.41 bits per heavy atom. The van der Waals surface area contributed by atoms with Gasteiger partial charge in [0.1, 0.15) is 11.3 Å². The minimum absolute atomic E-state index is 0.155. The molecule has 5 aromatic rings. The van der Waals surface area contributed by atoms with Crippen molar-refractivity contribution in [3.63, 3.8) is 0 Å². The van der Waals surface area contributed by atoms with Crippen LogP contribution in [0.2, 0.25) is 0 Å². The topological polar surface area (TPSA) is 26.0 Å². The summed E-state index contributed by atoms with van der Waals surface area (Å²) in [4.78, 5) is 4.77. The zero-order chi connectivity index (χ0) is 22.3. The first-order chi connectivity index (χ1) is 15.3. The molecule has 2 aromatic heterocycles. The van der Waals surface area contributed by atoms with Crippen LogP contribution >= 0.6 is 0 Å². The van der Waals surface area contributed by atoms with Gasteiger partial charge in [-0.2, -0.15) is 0 Å². The number of benzene rings is 3. The summed E-state index contributed by atoms with van der Waals surface area (Å²) in [5.41, 5.74) is 8.52. The van der Waals surface area contributed by atoms with Crippen molar-refractivity contribution in [2.45, 2.75) is 58.3 Å². The first-order valence-corrected chi connectivity index (χ1v) is 11.6. The minimum atomic E-state index is 0.155. The van der Waals surface area contributed by atoms with Crippen molar-refractivity contribution in [3.8, 4) is 11.3 Å². The fourth-order valence-electron chi connectivity index (χ4n) is 5.89. The molecular weight excluding hydrogens is 390 g/mol. The highest BCUT2D eigenvalue weighted by Crippen LogP contribution is 2.50. The molecule has 0 aliphatic heterocycles. The van der Waals surface area contributed by atoms with Crippen LogP contribution < -0.4 is 0 Å². The molecule has 0 N–H and O–H groups in total. The lowest BCUT2D eigenvalue weighted by Crippen LogP contribution is -2.34. The van der Waals surface area contributed by atoms with Crippen LogP contribution in [-0.4, -0.2) is 4.98 Å². The van der Waals surface area contributed by atoms with Gasteiger partial charge in [-0.3, -0.25) is 4.98 Å². The first-order valence-electron chi connectivity index (χ1n) is 11.6. The maximum Gasteiger partial charge on any atom is 0.161 e. The van der Waals surface area contributed by atoms with E-state index >= 15 is 0 Å². The normalized spacial score (nSPS) is 17.2. The van der Waals surface area contributed by atoms with Gasteiger partial charge in [0.25, 0.3) is 0 Å². The largest absolute Gasteiger partial charge is 0.454 e. The molecule has 6 rings (SSSR count). The minimum Gasteiger partial charge on any atom is -0.454 e. The van der Waals surface area contributed by atoms with E-state index in [1.54, 1.807) is 0 Å². The summed E-state index contributed by atoms with van der Waals surface area (Å²) in [6, 6.07) is 19.4. The standard InChI is InChI=1S/C30H29NO/c1-18-25-22-12-15-31-27(21-11-10-19-8-6-7-9-20(19)16-21)28(22)32-24(25)17-23-26(18)30(4,5)14-13-29(23,2)3/h6-12,15-17H,13-14H2,1-5H3. The molecule has 0 fully saturated rings. The van der Waals surface area contributed by atoms with E-state index in [-0.39, 0.29) is 10.8 Å². The second-order valence-corrected chi connectivity index (χ2v) is 10.8. The number of aryl methyl sites for hydroxylation is 1.